The number of thiol groups is 1. The molecule has 2 heteroatoms. The van der Waals surface area contributed by atoms with Crippen LogP contribution in [0.25, 0.3) is 0 Å². The second-order valence-corrected chi connectivity index (χ2v) is 4.71. The summed E-state index contributed by atoms with van der Waals surface area (Å²) in [5.41, 5.74) is 3.12. The summed E-state index contributed by atoms with van der Waals surface area (Å²) in [6, 6.07) is 17.9. The first-order valence-electron chi connectivity index (χ1n) is 6.12. The van der Waals surface area contributed by atoms with Gasteiger partial charge in [0.1, 0.15) is 0 Å². The average molecular weight is 266 g/mol. The van der Waals surface area contributed by atoms with E-state index in [-0.39, 0.29) is 5.12 Å². The molecule has 1 nitrogen and oxygen atoms in total. The highest BCUT2D eigenvalue weighted by Crippen LogP contribution is 2.07. The van der Waals surface area contributed by atoms with Crippen LogP contribution >= 0.6 is 12.6 Å². The Balaban J connectivity index is 2.03. The van der Waals surface area contributed by atoms with Crippen molar-refractivity contribution in [3.05, 3.63) is 71.3 Å². The lowest BCUT2D eigenvalue weighted by Gasteiger charge is -1.98. The van der Waals surface area contributed by atoms with Gasteiger partial charge in [-0.1, -0.05) is 42.2 Å². The molecule has 0 saturated heterocycles. The standard InChI is InChI=1S/C17H14OS/c18-17(19)13-12-16-10-8-15(9-11-16)7-6-14-4-2-1-3-5-14/h1-5,8-11H,12-13H2,(H,18,19). The predicted octanol–water partition coefficient (Wildman–Crippen LogP) is 3.48. The number of hydrogen-bond acceptors (Lipinski definition) is 1. The van der Waals surface area contributed by atoms with Gasteiger partial charge < -0.3 is 0 Å². The first-order chi connectivity index (χ1) is 9.24. The van der Waals surface area contributed by atoms with Crippen LogP contribution in [0.2, 0.25) is 0 Å². The third-order valence-electron chi connectivity index (χ3n) is 2.71. The lowest BCUT2D eigenvalue weighted by atomic mass is 10.1. The molecule has 0 radical (unpaired) electrons. The van der Waals surface area contributed by atoms with Crippen molar-refractivity contribution >= 4 is 17.7 Å². The van der Waals surface area contributed by atoms with Gasteiger partial charge in [-0.25, -0.2) is 0 Å². The van der Waals surface area contributed by atoms with Crippen molar-refractivity contribution in [2.45, 2.75) is 12.8 Å². The maximum Gasteiger partial charge on any atom is 0.186 e. The zero-order valence-corrected chi connectivity index (χ0v) is 11.4. The summed E-state index contributed by atoms with van der Waals surface area (Å²) in [6.07, 6.45) is 1.20. The summed E-state index contributed by atoms with van der Waals surface area (Å²) >= 11 is 3.76. The number of benzene rings is 2. The van der Waals surface area contributed by atoms with Crippen LogP contribution in [0.15, 0.2) is 54.6 Å². The van der Waals surface area contributed by atoms with Crippen LogP contribution in [0, 0.1) is 11.8 Å². The maximum absolute atomic E-state index is 10.8. The van der Waals surface area contributed by atoms with E-state index in [0.29, 0.717) is 6.42 Å². The average Bonchev–Trinajstić information content (AvgIpc) is 2.45. The third kappa shape index (κ3) is 4.65. The van der Waals surface area contributed by atoms with E-state index in [9.17, 15) is 4.79 Å². The fourth-order valence-electron chi connectivity index (χ4n) is 1.67. The number of carbonyl (C=O) groups excluding carboxylic acids is 1. The van der Waals surface area contributed by atoms with Crippen molar-refractivity contribution in [2.75, 3.05) is 0 Å². The van der Waals surface area contributed by atoms with Crippen LogP contribution in [0.5, 0.6) is 0 Å². The molecule has 0 saturated carbocycles. The molecule has 2 aromatic carbocycles. The minimum atomic E-state index is -0.0760. The van der Waals surface area contributed by atoms with Crippen molar-refractivity contribution in [2.24, 2.45) is 0 Å². The van der Waals surface area contributed by atoms with Gasteiger partial charge in [-0.15, -0.1) is 12.6 Å². The quantitative estimate of drug-likeness (QED) is 0.665. The van der Waals surface area contributed by atoms with Crippen molar-refractivity contribution in [1.82, 2.24) is 0 Å². The maximum atomic E-state index is 10.8. The molecule has 0 atom stereocenters. The van der Waals surface area contributed by atoms with Crippen LogP contribution in [-0.4, -0.2) is 5.12 Å². The highest BCUT2D eigenvalue weighted by atomic mass is 32.1. The fraction of sp³-hybridized carbons (Fsp3) is 0.118. The molecule has 0 aliphatic rings. The molecule has 0 bridgehead atoms. The summed E-state index contributed by atoms with van der Waals surface area (Å²) in [7, 11) is 0. The van der Waals surface area contributed by atoms with E-state index in [0.717, 1.165) is 23.1 Å². The van der Waals surface area contributed by atoms with Gasteiger partial charge in [-0.2, -0.15) is 0 Å². The van der Waals surface area contributed by atoms with Gasteiger partial charge in [-0.3, -0.25) is 4.79 Å². The van der Waals surface area contributed by atoms with E-state index in [4.69, 9.17) is 0 Å². The van der Waals surface area contributed by atoms with Gasteiger partial charge >= 0.3 is 0 Å². The molecule has 19 heavy (non-hydrogen) atoms. The van der Waals surface area contributed by atoms with E-state index in [1.807, 2.05) is 54.6 Å². The number of carbonyl (C=O) groups is 1. The molecule has 0 N–H and O–H groups in total. The van der Waals surface area contributed by atoms with Gasteiger partial charge in [0.15, 0.2) is 5.12 Å². The second kappa shape index (κ2) is 6.82. The van der Waals surface area contributed by atoms with Gasteiger partial charge in [-0.05, 0) is 36.2 Å². The van der Waals surface area contributed by atoms with Gasteiger partial charge in [0.05, 0.1) is 0 Å². The van der Waals surface area contributed by atoms with Crippen molar-refractivity contribution < 1.29 is 4.79 Å². The largest absolute Gasteiger partial charge is 0.287 e. The zero-order valence-electron chi connectivity index (χ0n) is 10.5. The van der Waals surface area contributed by atoms with Crippen LogP contribution in [0.3, 0.4) is 0 Å². The van der Waals surface area contributed by atoms with E-state index >= 15 is 0 Å². The SMILES string of the molecule is O=C(S)CCc1ccc(C#Cc2ccccc2)cc1. The molecule has 0 aromatic heterocycles. The van der Waals surface area contributed by atoms with Crippen molar-refractivity contribution in [3.8, 4) is 11.8 Å². The first-order valence-corrected chi connectivity index (χ1v) is 6.56. The van der Waals surface area contributed by atoms with E-state index in [1.54, 1.807) is 0 Å². The summed E-state index contributed by atoms with van der Waals surface area (Å²) < 4.78 is 0. The van der Waals surface area contributed by atoms with E-state index in [1.165, 1.54) is 0 Å². The highest BCUT2D eigenvalue weighted by molar-refractivity contribution is 7.96. The number of hydrogen-bond donors (Lipinski definition) is 1. The van der Waals surface area contributed by atoms with E-state index in [2.05, 4.69) is 24.5 Å². The Morgan fingerprint density at radius 2 is 1.47 bits per heavy atom. The van der Waals surface area contributed by atoms with Gasteiger partial charge in [0.25, 0.3) is 0 Å². The Labute approximate surface area is 119 Å². The molecule has 0 fully saturated rings. The Bertz CT molecular complexity index is 603. The summed E-state index contributed by atoms with van der Waals surface area (Å²) in [5.74, 6) is 6.24. The Kier molecular flexibility index (Phi) is 4.83. The molecule has 0 unspecified atom stereocenters. The monoisotopic (exact) mass is 266 g/mol. The topological polar surface area (TPSA) is 17.1 Å². The number of rotatable bonds is 3. The molecule has 0 heterocycles. The molecule has 0 aliphatic carbocycles. The summed E-state index contributed by atoms with van der Waals surface area (Å²) in [4.78, 5) is 10.8. The molecular formula is C17H14OS. The number of aryl methyl sites for hydroxylation is 1. The lowest BCUT2D eigenvalue weighted by molar-refractivity contribution is -0.110. The zero-order chi connectivity index (χ0) is 13.5. The van der Waals surface area contributed by atoms with Crippen LogP contribution in [0.4, 0.5) is 0 Å². The molecular weight excluding hydrogens is 252 g/mol. The summed E-state index contributed by atoms with van der Waals surface area (Å²) in [5, 5.41) is -0.0760. The Hall–Kier alpha value is -1.98. The van der Waals surface area contributed by atoms with Gasteiger partial charge in [0, 0.05) is 17.5 Å². The van der Waals surface area contributed by atoms with E-state index < -0.39 is 0 Å². The minimum absolute atomic E-state index is 0.0760. The molecule has 94 valence electrons. The third-order valence-corrected chi connectivity index (χ3v) is 2.93. The minimum Gasteiger partial charge on any atom is -0.287 e. The highest BCUT2D eigenvalue weighted by Gasteiger charge is 1.97. The molecule has 0 aliphatic heterocycles. The Morgan fingerprint density at radius 1 is 0.895 bits per heavy atom. The summed E-state index contributed by atoms with van der Waals surface area (Å²) in [6.45, 7) is 0. The molecule has 2 aromatic rings. The van der Waals surface area contributed by atoms with Crippen LogP contribution < -0.4 is 0 Å². The van der Waals surface area contributed by atoms with Gasteiger partial charge in [0.2, 0.25) is 0 Å². The second-order valence-electron chi connectivity index (χ2n) is 4.21. The van der Waals surface area contributed by atoms with Crippen molar-refractivity contribution in [1.29, 1.82) is 0 Å². The normalized spacial score (nSPS) is 9.53. The molecule has 0 spiro atoms. The van der Waals surface area contributed by atoms with Crippen molar-refractivity contribution in [3.63, 3.8) is 0 Å². The van der Waals surface area contributed by atoms with Crippen LogP contribution in [0.1, 0.15) is 23.1 Å². The lowest BCUT2D eigenvalue weighted by Crippen LogP contribution is -1.91. The molecule has 0 amide bonds. The fourth-order valence-corrected chi connectivity index (χ4v) is 1.78. The Morgan fingerprint density at radius 3 is 2.05 bits per heavy atom. The first kappa shape index (κ1) is 13.5. The smallest absolute Gasteiger partial charge is 0.186 e. The predicted molar refractivity (Wildman–Crippen MR) is 81.2 cm³/mol. The van der Waals surface area contributed by atoms with Crippen LogP contribution in [-0.2, 0) is 11.2 Å². The molecule has 2 rings (SSSR count).